The Labute approximate surface area is 220 Å². The summed E-state index contributed by atoms with van der Waals surface area (Å²) in [7, 11) is 3.94. The van der Waals surface area contributed by atoms with Crippen LogP contribution in [-0.4, -0.2) is 67.0 Å². The summed E-state index contributed by atoms with van der Waals surface area (Å²) in [6.45, 7) is 8.66. The van der Waals surface area contributed by atoms with Gasteiger partial charge in [-0.25, -0.2) is 0 Å². The molecule has 1 amide bonds. The van der Waals surface area contributed by atoms with Crippen LogP contribution in [0.25, 0.3) is 5.76 Å². The van der Waals surface area contributed by atoms with Crippen LogP contribution in [0.2, 0.25) is 0 Å². The highest BCUT2D eigenvalue weighted by Crippen LogP contribution is 2.40. The molecule has 1 aliphatic rings. The predicted molar refractivity (Wildman–Crippen MR) is 146 cm³/mol. The molecule has 1 aliphatic heterocycles. The van der Waals surface area contributed by atoms with Gasteiger partial charge in [-0.2, -0.15) is 0 Å². The molecule has 1 saturated heterocycles. The summed E-state index contributed by atoms with van der Waals surface area (Å²) in [5, 5.41) is 11.3. The van der Waals surface area contributed by atoms with E-state index in [1.165, 1.54) is 0 Å². The Bertz CT molecular complexity index is 1090. The average Bonchev–Trinajstić information content (AvgIpc) is 3.12. The number of aliphatic hydroxyl groups excluding tert-OH is 1. The van der Waals surface area contributed by atoms with Crippen molar-refractivity contribution in [2.75, 3.05) is 40.4 Å². The molecule has 1 atom stereocenters. The SMILES string of the molecule is CCCOc1ccc(/C(O)=C2\C(=O)C(=O)N(CCCN(C)C)C2c2cccc(OCCC(C)C)c2)cc1. The third kappa shape index (κ3) is 7.35. The van der Waals surface area contributed by atoms with Crippen molar-refractivity contribution in [2.45, 2.75) is 46.1 Å². The van der Waals surface area contributed by atoms with Gasteiger partial charge in [-0.3, -0.25) is 9.59 Å². The number of nitrogens with zero attached hydrogens (tertiary/aromatic N) is 2. The van der Waals surface area contributed by atoms with E-state index in [4.69, 9.17) is 9.47 Å². The first-order valence-electron chi connectivity index (χ1n) is 13.1. The van der Waals surface area contributed by atoms with Gasteiger partial charge >= 0.3 is 0 Å². The number of benzene rings is 2. The Kier molecular flexibility index (Phi) is 10.1. The number of hydrogen-bond acceptors (Lipinski definition) is 6. The monoisotopic (exact) mass is 508 g/mol. The number of carbonyl (C=O) groups excluding carboxylic acids is 2. The van der Waals surface area contributed by atoms with Crippen molar-refractivity contribution in [1.82, 2.24) is 9.80 Å². The first-order valence-corrected chi connectivity index (χ1v) is 13.1. The maximum Gasteiger partial charge on any atom is 0.295 e. The number of hydrogen-bond donors (Lipinski definition) is 1. The van der Waals surface area contributed by atoms with E-state index in [1.807, 2.05) is 50.2 Å². The second-order valence-electron chi connectivity index (χ2n) is 10.1. The van der Waals surface area contributed by atoms with Crippen LogP contribution in [0, 0.1) is 5.92 Å². The molecular weight excluding hydrogens is 468 g/mol. The molecule has 3 rings (SSSR count). The highest BCUT2D eigenvalue weighted by molar-refractivity contribution is 6.46. The lowest BCUT2D eigenvalue weighted by Gasteiger charge is -2.26. The van der Waals surface area contributed by atoms with Crippen LogP contribution in [0.15, 0.2) is 54.1 Å². The lowest BCUT2D eigenvalue weighted by molar-refractivity contribution is -0.139. The van der Waals surface area contributed by atoms with Gasteiger partial charge in [-0.05, 0) is 87.8 Å². The van der Waals surface area contributed by atoms with E-state index in [2.05, 4.69) is 13.8 Å². The Hall–Kier alpha value is -3.32. The zero-order valence-electron chi connectivity index (χ0n) is 22.7. The summed E-state index contributed by atoms with van der Waals surface area (Å²) in [4.78, 5) is 30.1. The van der Waals surface area contributed by atoms with Crippen LogP contribution in [0.5, 0.6) is 11.5 Å². The summed E-state index contributed by atoms with van der Waals surface area (Å²) < 4.78 is 11.6. The summed E-state index contributed by atoms with van der Waals surface area (Å²) in [6.07, 6.45) is 2.51. The fraction of sp³-hybridized carbons (Fsp3) is 0.467. The molecule has 0 bridgehead atoms. The van der Waals surface area contributed by atoms with Gasteiger partial charge in [0.05, 0.1) is 24.8 Å². The highest BCUT2D eigenvalue weighted by Gasteiger charge is 2.45. The Morgan fingerprint density at radius 3 is 2.38 bits per heavy atom. The molecule has 0 radical (unpaired) electrons. The van der Waals surface area contributed by atoms with Crippen molar-refractivity contribution in [3.05, 3.63) is 65.2 Å². The third-order valence-corrected chi connectivity index (χ3v) is 6.28. The molecule has 37 heavy (non-hydrogen) atoms. The van der Waals surface area contributed by atoms with Crippen molar-refractivity contribution in [3.63, 3.8) is 0 Å². The van der Waals surface area contributed by atoms with E-state index in [9.17, 15) is 14.7 Å². The van der Waals surface area contributed by atoms with E-state index in [0.29, 0.717) is 49.2 Å². The van der Waals surface area contributed by atoms with Crippen LogP contribution in [0.1, 0.15) is 57.2 Å². The van der Waals surface area contributed by atoms with Crippen LogP contribution in [0.3, 0.4) is 0 Å². The third-order valence-electron chi connectivity index (χ3n) is 6.28. The van der Waals surface area contributed by atoms with Gasteiger partial charge in [0, 0.05) is 12.1 Å². The van der Waals surface area contributed by atoms with Crippen molar-refractivity contribution < 1.29 is 24.2 Å². The van der Waals surface area contributed by atoms with Crippen molar-refractivity contribution >= 4 is 17.4 Å². The number of ether oxygens (including phenoxy) is 2. The van der Waals surface area contributed by atoms with Crippen molar-refractivity contribution in [1.29, 1.82) is 0 Å². The number of likely N-dealkylation sites (tertiary alicyclic amines) is 1. The van der Waals surface area contributed by atoms with Crippen LogP contribution in [-0.2, 0) is 9.59 Å². The zero-order valence-corrected chi connectivity index (χ0v) is 22.7. The minimum absolute atomic E-state index is 0.0939. The minimum atomic E-state index is -0.702. The van der Waals surface area contributed by atoms with Gasteiger partial charge in [-0.1, -0.05) is 32.9 Å². The Morgan fingerprint density at radius 1 is 1.03 bits per heavy atom. The number of aliphatic hydroxyl groups is 1. The lowest BCUT2D eigenvalue weighted by Crippen LogP contribution is -2.32. The second kappa shape index (κ2) is 13.3. The number of ketones is 1. The number of carbonyl (C=O) groups is 2. The maximum absolute atomic E-state index is 13.3. The molecule has 1 fully saturated rings. The number of amides is 1. The minimum Gasteiger partial charge on any atom is -0.507 e. The normalized spacial score (nSPS) is 17.2. The van der Waals surface area contributed by atoms with Gasteiger partial charge in [-0.15, -0.1) is 0 Å². The van der Waals surface area contributed by atoms with Gasteiger partial charge in [0.25, 0.3) is 11.7 Å². The van der Waals surface area contributed by atoms with Crippen LogP contribution < -0.4 is 9.47 Å². The molecule has 200 valence electrons. The van der Waals surface area contributed by atoms with Gasteiger partial charge < -0.3 is 24.4 Å². The maximum atomic E-state index is 13.3. The molecule has 1 heterocycles. The molecule has 7 heteroatoms. The topological polar surface area (TPSA) is 79.3 Å². The largest absolute Gasteiger partial charge is 0.507 e. The summed E-state index contributed by atoms with van der Waals surface area (Å²) >= 11 is 0. The molecule has 0 saturated carbocycles. The molecule has 0 aromatic heterocycles. The summed E-state index contributed by atoms with van der Waals surface area (Å²) in [5.74, 6) is 0.418. The molecule has 2 aromatic carbocycles. The molecule has 0 aliphatic carbocycles. The lowest BCUT2D eigenvalue weighted by atomic mass is 9.95. The van der Waals surface area contributed by atoms with Crippen molar-refractivity contribution in [3.8, 4) is 11.5 Å². The molecular formula is C30H40N2O5. The fourth-order valence-corrected chi connectivity index (χ4v) is 4.29. The Balaban J connectivity index is 2.00. The fourth-order valence-electron chi connectivity index (χ4n) is 4.29. The summed E-state index contributed by atoms with van der Waals surface area (Å²) in [5.41, 5.74) is 1.29. The van der Waals surface area contributed by atoms with E-state index < -0.39 is 17.7 Å². The number of rotatable bonds is 13. The molecule has 2 aromatic rings. The van der Waals surface area contributed by atoms with E-state index in [1.54, 1.807) is 29.2 Å². The smallest absolute Gasteiger partial charge is 0.295 e. The van der Waals surface area contributed by atoms with Crippen LogP contribution >= 0.6 is 0 Å². The van der Waals surface area contributed by atoms with Gasteiger partial charge in [0.1, 0.15) is 17.3 Å². The molecule has 1 unspecified atom stereocenters. The number of Topliss-reactive ketones (excluding diaryl/α,β-unsaturated/α-hetero) is 1. The quantitative estimate of drug-likeness (QED) is 0.225. The van der Waals surface area contributed by atoms with Crippen molar-refractivity contribution in [2.24, 2.45) is 5.92 Å². The molecule has 0 spiro atoms. The standard InChI is InChI=1S/C30H40N2O5/c1-6-18-36-24-13-11-22(12-14-24)28(33)26-27(32(30(35)29(26)34)17-8-16-31(4)5)23-9-7-10-25(20-23)37-19-15-21(2)3/h7,9-14,20-21,27,33H,6,8,15-19H2,1-5H3/b28-26+. The first kappa shape index (κ1) is 28.3. The van der Waals surface area contributed by atoms with Gasteiger partial charge in [0.2, 0.25) is 0 Å². The van der Waals surface area contributed by atoms with Crippen LogP contribution in [0.4, 0.5) is 0 Å². The van der Waals surface area contributed by atoms with E-state index >= 15 is 0 Å². The zero-order chi connectivity index (χ0) is 26.9. The van der Waals surface area contributed by atoms with E-state index in [-0.39, 0.29) is 11.3 Å². The van der Waals surface area contributed by atoms with Gasteiger partial charge in [0.15, 0.2) is 0 Å². The molecule has 7 nitrogen and oxygen atoms in total. The highest BCUT2D eigenvalue weighted by atomic mass is 16.5. The first-order chi connectivity index (χ1) is 17.7. The average molecular weight is 509 g/mol. The second-order valence-corrected chi connectivity index (χ2v) is 10.1. The van der Waals surface area contributed by atoms with E-state index in [0.717, 1.165) is 24.9 Å². The summed E-state index contributed by atoms with van der Waals surface area (Å²) in [6, 6.07) is 13.7. The predicted octanol–water partition coefficient (Wildman–Crippen LogP) is 5.27. The molecule has 1 N–H and O–H groups in total. The Morgan fingerprint density at radius 2 is 1.73 bits per heavy atom.